The maximum Gasteiger partial charge on any atom is 0.344 e. The van der Waals surface area contributed by atoms with Crippen LogP contribution in [0.3, 0.4) is 0 Å². The minimum absolute atomic E-state index is 0.00565. The van der Waals surface area contributed by atoms with E-state index in [1.807, 2.05) is 0 Å². The van der Waals surface area contributed by atoms with E-state index in [-0.39, 0.29) is 42.0 Å². The lowest BCUT2D eigenvalue weighted by molar-refractivity contribution is -0.168. The van der Waals surface area contributed by atoms with Crippen LogP contribution in [0.5, 0.6) is 0 Å². The first-order valence-corrected chi connectivity index (χ1v) is 7.94. The molecule has 3 fully saturated rings. The molecule has 1 aliphatic heterocycles. The lowest BCUT2D eigenvalue weighted by Gasteiger charge is -2.25. The Hall–Kier alpha value is -2.15. The fourth-order valence-electron chi connectivity index (χ4n) is 3.80. The summed E-state index contributed by atoms with van der Waals surface area (Å²) in [6, 6.07) is 0. The molecule has 2 bridgehead atoms. The van der Waals surface area contributed by atoms with Crippen molar-refractivity contribution >= 4 is 17.9 Å². The van der Waals surface area contributed by atoms with Crippen LogP contribution in [0.4, 0.5) is 0 Å². The van der Waals surface area contributed by atoms with Gasteiger partial charge in [-0.25, -0.2) is 9.59 Å². The van der Waals surface area contributed by atoms with Gasteiger partial charge in [0.25, 0.3) is 0 Å². The Balaban J connectivity index is 1.42. The monoisotopic (exact) mass is 336 g/mol. The van der Waals surface area contributed by atoms with E-state index in [9.17, 15) is 14.4 Å². The fourth-order valence-corrected chi connectivity index (χ4v) is 3.80. The molecule has 5 atom stereocenters. The van der Waals surface area contributed by atoms with Gasteiger partial charge in [-0.2, -0.15) is 0 Å². The van der Waals surface area contributed by atoms with Crippen LogP contribution in [0.25, 0.3) is 0 Å². The third-order valence-electron chi connectivity index (χ3n) is 4.80. The van der Waals surface area contributed by atoms with Gasteiger partial charge in [0, 0.05) is 11.8 Å². The highest BCUT2D eigenvalue weighted by molar-refractivity contribution is 5.89. The summed E-state index contributed by atoms with van der Waals surface area (Å²) in [4.78, 5) is 35.2. The summed E-state index contributed by atoms with van der Waals surface area (Å²) < 4.78 is 20.6. The molecule has 0 aromatic heterocycles. The highest BCUT2D eigenvalue weighted by Gasteiger charge is 2.63. The quantitative estimate of drug-likeness (QED) is 0.213. The second-order valence-corrected chi connectivity index (χ2v) is 6.34. The van der Waals surface area contributed by atoms with Crippen LogP contribution in [-0.4, -0.2) is 49.9 Å². The van der Waals surface area contributed by atoms with E-state index in [1.54, 1.807) is 6.08 Å². The van der Waals surface area contributed by atoms with Crippen molar-refractivity contribution in [3.8, 4) is 0 Å². The molecular weight excluding hydrogens is 316 g/mol. The zero-order valence-electron chi connectivity index (χ0n) is 13.3. The fraction of sp³-hybridized carbons (Fsp3) is 0.588. The van der Waals surface area contributed by atoms with Gasteiger partial charge in [0.15, 0.2) is 6.61 Å². The molecule has 5 unspecified atom stereocenters. The van der Waals surface area contributed by atoms with E-state index in [4.69, 9.17) is 18.9 Å². The third kappa shape index (κ3) is 3.08. The first-order chi connectivity index (χ1) is 11.5. The minimum Gasteiger partial charge on any atom is -0.458 e. The molecule has 3 rings (SSSR count). The van der Waals surface area contributed by atoms with Crippen LogP contribution in [0.15, 0.2) is 24.8 Å². The van der Waals surface area contributed by atoms with Gasteiger partial charge < -0.3 is 18.9 Å². The van der Waals surface area contributed by atoms with Gasteiger partial charge in [0.1, 0.15) is 12.2 Å². The summed E-state index contributed by atoms with van der Waals surface area (Å²) in [5, 5.41) is 0. The second kappa shape index (κ2) is 6.76. The van der Waals surface area contributed by atoms with Crippen molar-refractivity contribution < 1.29 is 33.3 Å². The molecule has 0 aromatic carbocycles. The topological polar surface area (TPSA) is 88.1 Å². The molecule has 1 saturated heterocycles. The zero-order chi connectivity index (χ0) is 17.3. The Morgan fingerprint density at radius 3 is 2.83 bits per heavy atom. The summed E-state index contributed by atoms with van der Waals surface area (Å²) in [6.07, 6.45) is 2.32. The predicted molar refractivity (Wildman–Crippen MR) is 80.6 cm³/mol. The van der Waals surface area contributed by atoms with Crippen LogP contribution in [0.1, 0.15) is 12.8 Å². The lowest BCUT2D eigenvalue weighted by Crippen LogP contribution is -2.37. The Labute approximate surface area is 139 Å². The molecule has 3 aliphatic rings. The van der Waals surface area contributed by atoms with Crippen molar-refractivity contribution in [2.45, 2.75) is 25.0 Å². The molecule has 0 N–H and O–H groups in total. The van der Waals surface area contributed by atoms with Gasteiger partial charge in [-0.3, -0.25) is 4.79 Å². The average Bonchev–Trinajstić information content (AvgIpc) is 3.17. The Bertz CT molecular complexity index is 581. The molecule has 24 heavy (non-hydrogen) atoms. The Morgan fingerprint density at radius 1 is 1.29 bits per heavy atom. The molecule has 0 radical (unpaired) electrons. The van der Waals surface area contributed by atoms with Crippen molar-refractivity contribution in [3.05, 3.63) is 24.8 Å². The number of hydrogen-bond donors (Lipinski definition) is 0. The van der Waals surface area contributed by atoms with E-state index in [0.29, 0.717) is 13.0 Å². The van der Waals surface area contributed by atoms with Crippen molar-refractivity contribution in [3.63, 3.8) is 0 Å². The Kier molecular flexibility index (Phi) is 4.71. The van der Waals surface area contributed by atoms with Crippen LogP contribution < -0.4 is 0 Å². The zero-order valence-corrected chi connectivity index (χ0v) is 13.3. The van der Waals surface area contributed by atoms with E-state index < -0.39 is 24.6 Å². The molecule has 0 amide bonds. The molecule has 2 aliphatic carbocycles. The molecule has 130 valence electrons. The normalized spacial score (nSPS) is 32.3. The smallest absolute Gasteiger partial charge is 0.344 e. The molecule has 2 saturated carbocycles. The third-order valence-corrected chi connectivity index (χ3v) is 4.80. The number of carbonyl (C=O) groups is 3. The first-order valence-electron chi connectivity index (χ1n) is 7.94. The van der Waals surface area contributed by atoms with Crippen molar-refractivity contribution in [2.75, 3.05) is 19.8 Å². The maximum atomic E-state index is 11.9. The standard InChI is InChI=1S/C17H20O7/c1-3-4-21-7-9(2)16(19)22-8-13(18)23-14-10-5-11-12(6-10)17(20)24-15(11)14/h3,10-12,14-15H,1-2,4-8H2. The number of esters is 3. The number of rotatable bonds is 8. The molecule has 0 aromatic rings. The van der Waals surface area contributed by atoms with Gasteiger partial charge in [-0.15, -0.1) is 6.58 Å². The van der Waals surface area contributed by atoms with Crippen molar-refractivity contribution in [2.24, 2.45) is 17.8 Å². The Morgan fingerprint density at radius 2 is 2.08 bits per heavy atom. The van der Waals surface area contributed by atoms with Gasteiger partial charge in [-0.05, 0) is 12.8 Å². The summed E-state index contributed by atoms with van der Waals surface area (Å²) in [7, 11) is 0. The summed E-state index contributed by atoms with van der Waals surface area (Å²) >= 11 is 0. The highest BCUT2D eigenvalue weighted by Crippen LogP contribution is 2.55. The van der Waals surface area contributed by atoms with E-state index >= 15 is 0 Å². The molecular formula is C17H20O7. The van der Waals surface area contributed by atoms with Crippen molar-refractivity contribution in [1.82, 2.24) is 0 Å². The summed E-state index contributed by atoms with van der Waals surface area (Å²) in [5.74, 6) is -1.28. The van der Waals surface area contributed by atoms with E-state index in [2.05, 4.69) is 13.2 Å². The molecule has 7 heteroatoms. The van der Waals surface area contributed by atoms with Crippen LogP contribution in [-0.2, 0) is 33.3 Å². The largest absolute Gasteiger partial charge is 0.458 e. The SMILES string of the molecule is C=CCOCC(=C)C(=O)OCC(=O)OC1C2CC3C(=O)OC1C3C2. The van der Waals surface area contributed by atoms with Gasteiger partial charge in [0.2, 0.25) is 0 Å². The lowest BCUT2D eigenvalue weighted by atomic mass is 9.88. The maximum absolute atomic E-state index is 11.9. The van der Waals surface area contributed by atoms with Gasteiger partial charge in [0.05, 0.1) is 24.7 Å². The molecule has 1 heterocycles. The number of carbonyl (C=O) groups excluding carboxylic acids is 3. The van der Waals surface area contributed by atoms with Gasteiger partial charge in [-0.1, -0.05) is 12.7 Å². The minimum atomic E-state index is -0.712. The number of fused-ring (bicyclic) bond motifs is 1. The van der Waals surface area contributed by atoms with Crippen molar-refractivity contribution in [1.29, 1.82) is 0 Å². The van der Waals surface area contributed by atoms with E-state index in [1.165, 1.54) is 0 Å². The molecule has 7 nitrogen and oxygen atoms in total. The highest BCUT2D eigenvalue weighted by atomic mass is 16.6. The van der Waals surface area contributed by atoms with E-state index in [0.717, 1.165) is 6.42 Å². The second-order valence-electron chi connectivity index (χ2n) is 6.34. The van der Waals surface area contributed by atoms with Crippen LogP contribution >= 0.6 is 0 Å². The predicted octanol–water partition coefficient (Wildman–Crippen LogP) is 0.782. The summed E-state index contributed by atoms with van der Waals surface area (Å²) in [6.45, 7) is 6.81. The average molecular weight is 336 g/mol. The van der Waals surface area contributed by atoms with Gasteiger partial charge >= 0.3 is 17.9 Å². The number of ether oxygens (including phenoxy) is 4. The van der Waals surface area contributed by atoms with Crippen LogP contribution in [0.2, 0.25) is 0 Å². The molecule has 0 spiro atoms. The number of hydrogen-bond acceptors (Lipinski definition) is 7. The first kappa shape index (κ1) is 16.7. The summed E-state index contributed by atoms with van der Waals surface area (Å²) in [5.41, 5.74) is 0.108. The van der Waals surface area contributed by atoms with Crippen LogP contribution in [0, 0.1) is 17.8 Å².